The fourth-order valence-electron chi connectivity index (χ4n) is 2.80. The van der Waals surface area contributed by atoms with Gasteiger partial charge in [-0.25, -0.2) is 4.98 Å². The van der Waals surface area contributed by atoms with Gasteiger partial charge in [0.2, 0.25) is 0 Å². The van der Waals surface area contributed by atoms with Crippen LogP contribution in [0.15, 0.2) is 16.7 Å². The first kappa shape index (κ1) is 14.8. The molecule has 0 spiro atoms. The highest BCUT2D eigenvalue weighted by molar-refractivity contribution is 9.10. The lowest BCUT2D eigenvalue weighted by Gasteiger charge is -2.32. The summed E-state index contributed by atoms with van der Waals surface area (Å²) in [5.41, 5.74) is 1.28. The quantitative estimate of drug-likeness (QED) is 0.761. The molecule has 0 bridgehead atoms. The number of pyridine rings is 1. The Morgan fingerprint density at radius 2 is 2.05 bits per heavy atom. The molecule has 19 heavy (non-hydrogen) atoms. The van der Waals surface area contributed by atoms with Crippen molar-refractivity contribution >= 4 is 21.7 Å². The van der Waals surface area contributed by atoms with Gasteiger partial charge in [0.25, 0.3) is 0 Å². The van der Waals surface area contributed by atoms with Crippen molar-refractivity contribution in [3.63, 3.8) is 0 Å². The summed E-state index contributed by atoms with van der Waals surface area (Å²) in [6.07, 6.45) is 8.55. The molecule has 0 radical (unpaired) electrons. The van der Waals surface area contributed by atoms with Gasteiger partial charge in [-0.05, 0) is 59.7 Å². The molecular weight excluding hydrogens is 300 g/mol. The largest absolute Gasteiger partial charge is 0.353 e. The molecule has 0 aromatic carbocycles. The number of anilines is 1. The Balaban J connectivity index is 2.22. The molecule has 0 N–H and O–H groups in total. The van der Waals surface area contributed by atoms with Crippen LogP contribution in [0.25, 0.3) is 0 Å². The lowest BCUT2D eigenvalue weighted by atomic mass is 10.1. The van der Waals surface area contributed by atoms with E-state index in [0.29, 0.717) is 6.04 Å². The summed E-state index contributed by atoms with van der Waals surface area (Å²) in [6.45, 7) is 7.86. The third kappa shape index (κ3) is 3.71. The van der Waals surface area contributed by atoms with E-state index in [0.717, 1.165) is 18.3 Å². The molecule has 1 aromatic heterocycles. The van der Waals surface area contributed by atoms with E-state index in [2.05, 4.69) is 52.7 Å². The lowest BCUT2D eigenvalue weighted by Crippen LogP contribution is -2.35. The van der Waals surface area contributed by atoms with Crippen LogP contribution in [-0.4, -0.2) is 17.6 Å². The summed E-state index contributed by atoms with van der Waals surface area (Å²) in [6, 6.07) is 2.76. The van der Waals surface area contributed by atoms with Crippen molar-refractivity contribution in [3.8, 4) is 0 Å². The van der Waals surface area contributed by atoms with Crippen molar-refractivity contribution in [1.82, 2.24) is 4.98 Å². The molecule has 106 valence electrons. The predicted molar refractivity (Wildman–Crippen MR) is 85.7 cm³/mol. The molecule has 1 aromatic rings. The molecule has 1 aliphatic carbocycles. The Morgan fingerprint density at radius 3 is 2.68 bits per heavy atom. The average Bonchev–Trinajstić information content (AvgIpc) is 2.88. The van der Waals surface area contributed by atoms with Gasteiger partial charge in [-0.1, -0.05) is 26.7 Å². The predicted octanol–water partition coefficient (Wildman–Crippen LogP) is 4.95. The van der Waals surface area contributed by atoms with Gasteiger partial charge in [0.15, 0.2) is 0 Å². The highest BCUT2D eigenvalue weighted by Crippen LogP contribution is 2.33. The Morgan fingerprint density at radius 1 is 1.37 bits per heavy atom. The van der Waals surface area contributed by atoms with E-state index in [1.807, 2.05) is 6.20 Å². The van der Waals surface area contributed by atoms with E-state index in [1.54, 1.807) is 0 Å². The molecule has 0 atom stereocenters. The second kappa shape index (κ2) is 6.74. The Kier molecular flexibility index (Phi) is 5.26. The Hall–Kier alpha value is -0.570. The van der Waals surface area contributed by atoms with Gasteiger partial charge < -0.3 is 4.90 Å². The van der Waals surface area contributed by atoms with Crippen LogP contribution in [0.2, 0.25) is 0 Å². The van der Waals surface area contributed by atoms with Crippen molar-refractivity contribution in [1.29, 1.82) is 0 Å². The third-order valence-corrected chi connectivity index (χ3v) is 5.03. The number of hydrogen-bond acceptors (Lipinski definition) is 2. The second-order valence-electron chi connectivity index (χ2n) is 6.08. The molecule has 3 heteroatoms. The van der Waals surface area contributed by atoms with Crippen LogP contribution in [0.4, 0.5) is 5.82 Å². The highest BCUT2D eigenvalue weighted by atomic mass is 79.9. The van der Waals surface area contributed by atoms with Crippen LogP contribution in [0, 0.1) is 12.8 Å². The molecule has 0 amide bonds. The van der Waals surface area contributed by atoms with E-state index in [-0.39, 0.29) is 0 Å². The molecular formula is C16H25BrN2. The Bertz CT molecular complexity index is 411. The summed E-state index contributed by atoms with van der Waals surface area (Å²) in [4.78, 5) is 7.19. The summed E-state index contributed by atoms with van der Waals surface area (Å²) in [7, 11) is 0. The first-order valence-corrected chi connectivity index (χ1v) is 8.26. The minimum absolute atomic E-state index is 0.685. The highest BCUT2D eigenvalue weighted by Gasteiger charge is 2.25. The summed E-state index contributed by atoms with van der Waals surface area (Å²) < 4.78 is 1.17. The van der Waals surface area contributed by atoms with E-state index in [9.17, 15) is 0 Å². The van der Waals surface area contributed by atoms with Crippen LogP contribution in [0.3, 0.4) is 0 Å². The number of nitrogens with zero attached hydrogens (tertiary/aromatic N) is 2. The summed E-state index contributed by atoms with van der Waals surface area (Å²) >= 11 is 3.73. The minimum atomic E-state index is 0.685. The van der Waals surface area contributed by atoms with Gasteiger partial charge in [-0.2, -0.15) is 0 Å². The van der Waals surface area contributed by atoms with Crippen LogP contribution in [-0.2, 0) is 0 Å². The van der Waals surface area contributed by atoms with Gasteiger partial charge >= 0.3 is 0 Å². The maximum atomic E-state index is 4.64. The standard InChI is InChI=1S/C16H25BrN2/c1-12(2)9-11-19(14-6-4-5-7-14)16-15(17)13(3)8-10-18-16/h8,10,12,14H,4-7,9,11H2,1-3H3. The smallest absolute Gasteiger partial charge is 0.143 e. The van der Waals surface area contributed by atoms with Crippen LogP contribution in [0.5, 0.6) is 0 Å². The molecule has 1 aliphatic rings. The molecule has 0 unspecified atom stereocenters. The van der Waals surface area contributed by atoms with Crippen molar-refractivity contribution in [2.45, 2.75) is 58.9 Å². The van der Waals surface area contributed by atoms with Gasteiger partial charge in [0.1, 0.15) is 5.82 Å². The zero-order valence-corrected chi connectivity index (χ0v) is 13.9. The van der Waals surface area contributed by atoms with Crippen molar-refractivity contribution in [2.24, 2.45) is 5.92 Å². The average molecular weight is 325 g/mol. The zero-order chi connectivity index (χ0) is 13.8. The normalized spacial score (nSPS) is 16.3. The van der Waals surface area contributed by atoms with Crippen LogP contribution >= 0.6 is 15.9 Å². The number of hydrogen-bond donors (Lipinski definition) is 0. The minimum Gasteiger partial charge on any atom is -0.353 e. The first-order chi connectivity index (χ1) is 9.09. The van der Waals surface area contributed by atoms with Gasteiger partial charge in [-0.15, -0.1) is 0 Å². The fourth-order valence-corrected chi connectivity index (χ4v) is 3.26. The van der Waals surface area contributed by atoms with Crippen LogP contribution in [0.1, 0.15) is 51.5 Å². The number of halogens is 1. The van der Waals surface area contributed by atoms with Crippen molar-refractivity contribution < 1.29 is 0 Å². The maximum Gasteiger partial charge on any atom is 0.143 e. The second-order valence-corrected chi connectivity index (χ2v) is 6.87. The van der Waals surface area contributed by atoms with E-state index in [1.165, 1.54) is 42.1 Å². The number of aryl methyl sites for hydroxylation is 1. The summed E-state index contributed by atoms with van der Waals surface area (Å²) in [5.74, 6) is 1.89. The van der Waals surface area contributed by atoms with Crippen molar-refractivity contribution in [3.05, 3.63) is 22.3 Å². The third-order valence-electron chi connectivity index (χ3n) is 4.05. The van der Waals surface area contributed by atoms with Crippen LogP contribution < -0.4 is 4.90 Å². The fraction of sp³-hybridized carbons (Fsp3) is 0.688. The van der Waals surface area contributed by atoms with E-state index < -0.39 is 0 Å². The van der Waals surface area contributed by atoms with E-state index >= 15 is 0 Å². The van der Waals surface area contributed by atoms with Gasteiger partial charge in [-0.3, -0.25) is 0 Å². The first-order valence-electron chi connectivity index (χ1n) is 7.47. The van der Waals surface area contributed by atoms with Gasteiger partial charge in [0.05, 0.1) is 4.47 Å². The topological polar surface area (TPSA) is 16.1 Å². The number of aromatic nitrogens is 1. The summed E-state index contributed by atoms with van der Waals surface area (Å²) in [5, 5.41) is 0. The molecule has 1 heterocycles. The zero-order valence-electron chi connectivity index (χ0n) is 12.3. The molecule has 0 saturated heterocycles. The lowest BCUT2D eigenvalue weighted by molar-refractivity contribution is 0.524. The molecule has 1 fully saturated rings. The van der Waals surface area contributed by atoms with Crippen molar-refractivity contribution in [2.75, 3.05) is 11.4 Å². The van der Waals surface area contributed by atoms with E-state index in [4.69, 9.17) is 0 Å². The SMILES string of the molecule is Cc1ccnc(N(CCC(C)C)C2CCCC2)c1Br. The monoisotopic (exact) mass is 324 g/mol. The number of rotatable bonds is 5. The molecule has 2 rings (SSSR count). The molecule has 1 saturated carbocycles. The molecule has 2 nitrogen and oxygen atoms in total. The van der Waals surface area contributed by atoms with Gasteiger partial charge in [0, 0.05) is 18.8 Å². The Labute approximate surface area is 125 Å². The maximum absolute atomic E-state index is 4.64. The molecule has 0 aliphatic heterocycles.